The van der Waals surface area contributed by atoms with Crippen LogP contribution in [0.1, 0.15) is 22.3 Å². The zero-order valence-corrected chi connectivity index (χ0v) is 18.1. The SMILES string of the molecule is CN1C(=O)[C@H](NC(=O)/C=C/c2ccc(C(F)(F)F)cc2)N=C(c2ccccc2)c2ccccc21. The molecule has 0 bridgehead atoms. The Morgan fingerprint density at radius 3 is 2.29 bits per heavy atom. The first-order chi connectivity index (χ1) is 16.2. The third-order valence-corrected chi connectivity index (χ3v) is 5.33. The van der Waals surface area contributed by atoms with Gasteiger partial charge in [-0.25, -0.2) is 4.99 Å². The molecule has 2 amide bonds. The largest absolute Gasteiger partial charge is 0.416 e. The Labute approximate surface area is 194 Å². The second-order valence-corrected chi connectivity index (χ2v) is 7.62. The highest BCUT2D eigenvalue weighted by Crippen LogP contribution is 2.29. The summed E-state index contributed by atoms with van der Waals surface area (Å²) < 4.78 is 38.2. The molecule has 0 fully saturated rings. The van der Waals surface area contributed by atoms with Gasteiger partial charge in [0.15, 0.2) is 0 Å². The van der Waals surface area contributed by atoms with Gasteiger partial charge in [0.2, 0.25) is 12.1 Å². The van der Waals surface area contributed by atoms with E-state index in [0.29, 0.717) is 17.0 Å². The van der Waals surface area contributed by atoms with Crippen LogP contribution in [0.4, 0.5) is 18.9 Å². The number of anilines is 1. The maximum atomic E-state index is 13.1. The predicted octanol–water partition coefficient (Wildman–Crippen LogP) is 4.67. The molecule has 8 heteroatoms. The van der Waals surface area contributed by atoms with Gasteiger partial charge >= 0.3 is 6.18 Å². The summed E-state index contributed by atoms with van der Waals surface area (Å²) in [4.78, 5) is 31.7. The van der Waals surface area contributed by atoms with Crippen molar-refractivity contribution in [3.8, 4) is 0 Å². The molecule has 1 atom stereocenters. The number of para-hydroxylation sites is 1. The molecule has 4 rings (SSSR count). The summed E-state index contributed by atoms with van der Waals surface area (Å²) in [6.07, 6.45) is -3.09. The average Bonchev–Trinajstić information content (AvgIpc) is 2.94. The second kappa shape index (κ2) is 9.35. The summed E-state index contributed by atoms with van der Waals surface area (Å²) >= 11 is 0. The number of nitrogens with zero attached hydrogens (tertiary/aromatic N) is 2. The van der Waals surface area contributed by atoms with Crippen LogP contribution in [-0.2, 0) is 15.8 Å². The molecular formula is C26H20F3N3O2. The van der Waals surface area contributed by atoms with Crippen LogP contribution in [0.2, 0.25) is 0 Å². The van der Waals surface area contributed by atoms with Crippen molar-refractivity contribution >= 4 is 29.3 Å². The lowest BCUT2D eigenvalue weighted by Gasteiger charge is -2.20. The minimum absolute atomic E-state index is 0.411. The molecule has 0 spiro atoms. The number of aliphatic imine (C=N–C) groups is 1. The number of amides is 2. The molecule has 0 saturated heterocycles. The van der Waals surface area contributed by atoms with Crippen LogP contribution >= 0.6 is 0 Å². The van der Waals surface area contributed by atoms with Crippen molar-refractivity contribution in [1.29, 1.82) is 0 Å². The molecule has 34 heavy (non-hydrogen) atoms. The average molecular weight is 463 g/mol. The zero-order chi connectivity index (χ0) is 24.3. The summed E-state index contributed by atoms with van der Waals surface area (Å²) in [5.74, 6) is -1.02. The number of carbonyl (C=O) groups excluding carboxylic acids is 2. The molecule has 0 radical (unpaired) electrons. The van der Waals surface area contributed by atoms with Gasteiger partial charge in [-0.2, -0.15) is 13.2 Å². The summed E-state index contributed by atoms with van der Waals surface area (Å²) in [6, 6.07) is 21.1. The maximum Gasteiger partial charge on any atom is 0.416 e. The van der Waals surface area contributed by atoms with Gasteiger partial charge in [-0.3, -0.25) is 9.59 Å². The van der Waals surface area contributed by atoms with E-state index in [1.807, 2.05) is 48.5 Å². The zero-order valence-electron chi connectivity index (χ0n) is 18.1. The number of alkyl halides is 3. The minimum Gasteiger partial charge on any atom is -0.323 e. The smallest absolute Gasteiger partial charge is 0.323 e. The van der Waals surface area contributed by atoms with E-state index in [2.05, 4.69) is 10.3 Å². The first-order valence-corrected chi connectivity index (χ1v) is 10.4. The molecule has 1 N–H and O–H groups in total. The van der Waals surface area contributed by atoms with E-state index in [9.17, 15) is 22.8 Å². The van der Waals surface area contributed by atoms with E-state index < -0.39 is 29.7 Å². The molecule has 172 valence electrons. The number of likely N-dealkylation sites (N-methyl/N-ethyl adjacent to an activating group) is 1. The number of benzene rings is 3. The number of rotatable bonds is 4. The molecular weight excluding hydrogens is 443 g/mol. The Hall–Kier alpha value is -4.20. The number of hydrogen-bond donors (Lipinski definition) is 1. The number of fused-ring (bicyclic) bond motifs is 1. The van der Waals surface area contributed by atoms with Crippen molar-refractivity contribution < 1.29 is 22.8 Å². The van der Waals surface area contributed by atoms with E-state index in [1.165, 1.54) is 23.1 Å². The second-order valence-electron chi connectivity index (χ2n) is 7.62. The molecule has 1 aliphatic rings. The van der Waals surface area contributed by atoms with Crippen LogP contribution in [0.25, 0.3) is 6.08 Å². The monoisotopic (exact) mass is 463 g/mol. The van der Waals surface area contributed by atoms with Gasteiger partial charge in [0.1, 0.15) is 0 Å². The molecule has 0 aromatic heterocycles. The molecule has 3 aromatic rings. The first kappa shape index (κ1) is 23.0. The highest BCUT2D eigenvalue weighted by atomic mass is 19.4. The van der Waals surface area contributed by atoms with Crippen molar-refractivity contribution in [2.24, 2.45) is 4.99 Å². The van der Waals surface area contributed by atoms with Crippen LogP contribution in [0.5, 0.6) is 0 Å². The van der Waals surface area contributed by atoms with E-state index in [4.69, 9.17) is 0 Å². The fourth-order valence-electron chi connectivity index (χ4n) is 3.58. The summed E-state index contributed by atoms with van der Waals surface area (Å²) in [6.45, 7) is 0. The lowest BCUT2D eigenvalue weighted by molar-refractivity contribution is -0.137. The van der Waals surface area contributed by atoms with Crippen molar-refractivity contribution in [2.75, 3.05) is 11.9 Å². The van der Waals surface area contributed by atoms with E-state index >= 15 is 0 Å². The minimum atomic E-state index is -4.43. The fourth-order valence-corrected chi connectivity index (χ4v) is 3.58. The van der Waals surface area contributed by atoms with Crippen LogP contribution < -0.4 is 10.2 Å². The van der Waals surface area contributed by atoms with Gasteiger partial charge in [-0.05, 0) is 29.8 Å². The summed E-state index contributed by atoms with van der Waals surface area (Å²) in [5.41, 5.74) is 2.40. The molecule has 1 aliphatic heterocycles. The maximum absolute atomic E-state index is 13.1. The topological polar surface area (TPSA) is 61.8 Å². The lowest BCUT2D eigenvalue weighted by Crippen LogP contribution is -2.45. The van der Waals surface area contributed by atoms with Gasteiger partial charge in [0, 0.05) is 24.3 Å². The Bertz CT molecular complexity index is 1270. The van der Waals surface area contributed by atoms with E-state index in [-0.39, 0.29) is 0 Å². The van der Waals surface area contributed by atoms with Crippen LogP contribution in [0.15, 0.2) is 89.9 Å². The summed E-state index contributed by atoms with van der Waals surface area (Å²) in [5, 5.41) is 2.60. The Morgan fingerprint density at radius 1 is 0.971 bits per heavy atom. The van der Waals surface area contributed by atoms with Gasteiger partial charge in [-0.15, -0.1) is 0 Å². The number of carbonyl (C=O) groups is 2. The van der Waals surface area contributed by atoms with Crippen molar-refractivity contribution in [3.63, 3.8) is 0 Å². The Balaban J connectivity index is 1.60. The predicted molar refractivity (Wildman–Crippen MR) is 124 cm³/mol. The number of benzodiazepines with no additional fused rings is 1. The third kappa shape index (κ3) is 4.91. The quantitative estimate of drug-likeness (QED) is 0.572. The molecule has 0 saturated carbocycles. The van der Waals surface area contributed by atoms with Crippen LogP contribution in [-0.4, -0.2) is 30.7 Å². The Morgan fingerprint density at radius 2 is 1.62 bits per heavy atom. The van der Waals surface area contributed by atoms with Crippen LogP contribution in [0.3, 0.4) is 0 Å². The number of nitrogens with one attached hydrogen (secondary N) is 1. The van der Waals surface area contributed by atoms with Gasteiger partial charge in [0.05, 0.1) is 17.0 Å². The van der Waals surface area contributed by atoms with Crippen molar-refractivity contribution in [2.45, 2.75) is 12.3 Å². The van der Waals surface area contributed by atoms with E-state index in [0.717, 1.165) is 29.3 Å². The number of hydrogen-bond acceptors (Lipinski definition) is 3. The van der Waals surface area contributed by atoms with Gasteiger partial charge in [0.25, 0.3) is 5.91 Å². The molecule has 0 unspecified atom stereocenters. The molecule has 3 aromatic carbocycles. The van der Waals surface area contributed by atoms with E-state index in [1.54, 1.807) is 13.1 Å². The highest BCUT2D eigenvalue weighted by Gasteiger charge is 2.31. The van der Waals surface area contributed by atoms with Gasteiger partial charge in [-0.1, -0.05) is 60.7 Å². The summed E-state index contributed by atoms with van der Waals surface area (Å²) in [7, 11) is 1.61. The van der Waals surface area contributed by atoms with Gasteiger partial charge < -0.3 is 10.2 Å². The first-order valence-electron chi connectivity index (χ1n) is 10.4. The molecule has 0 aliphatic carbocycles. The molecule has 5 nitrogen and oxygen atoms in total. The standard InChI is InChI=1S/C26H20F3N3O2/c1-32-21-10-6-5-9-20(21)23(18-7-3-2-4-8-18)31-24(25(32)34)30-22(33)16-13-17-11-14-19(15-12-17)26(27,28)29/h2-16,24H,1H3,(H,30,33)/b16-13+/t24-/m1/s1. The molecule has 1 heterocycles. The number of halogens is 3. The Kier molecular flexibility index (Phi) is 6.32. The van der Waals surface area contributed by atoms with Crippen molar-refractivity contribution in [1.82, 2.24) is 5.32 Å². The van der Waals surface area contributed by atoms with Crippen molar-refractivity contribution in [3.05, 3.63) is 107 Å². The third-order valence-electron chi connectivity index (χ3n) is 5.33. The highest BCUT2D eigenvalue weighted by molar-refractivity contribution is 6.20. The van der Waals surface area contributed by atoms with Crippen LogP contribution in [0, 0.1) is 0 Å². The lowest BCUT2D eigenvalue weighted by atomic mass is 10.0. The normalized spacial score (nSPS) is 16.1. The fraction of sp³-hybridized carbons (Fsp3) is 0.115.